The molecule has 0 fully saturated rings. The fourth-order valence-electron chi connectivity index (χ4n) is 1.80. The van der Waals surface area contributed by atoms with Crippen molar-refractivity contribution in [3.05, 3.63) is 29.8 Å². The molecule has 0 aliphatic heterocycles. The minimum Gasteiger partial charge on any atom is -0.494 e. The van der Waals surface area contributed by atoms with Crippen molar-refractivity contribution in [1.82, 2.24) is 5.48 Å². The summed E-state index contributed by atoms with van der Waals surface area (Å²) in [6, 6.07) is 8.12. The third-order valence-electron chi connectivity index (χ3n) is 2.84. The number of hydrogen-bond donors (Lipinski definition) is 1. The van der Waals surface area contributed by atoms with E-state index in [9.17, 15) is 0 Å². The molecule has 0 spiro atoms. The third-order valence-corrected chi connectivity index (χ3v) is 2.84. The van der Waals surface area contributed by atoms with Gasteiger partial charge >= 0.3 is 0 Å². The minimum absolute atomic E-state index is 0.699. The van der Waals surface area contributed by atoms with Crippen LogP contribution in [-0.2, 0) is 11.4 Å². The summed E-state index contributed by atoms with van der Waals surface area (Å²) in [6.07, 6.45) is 6.34. The molecule has 0 saturated carbocycles. The molecule has 102 valence electrons. The second kappa shape index (κ2) is 9.92. The summed E-state index contributed by atoms with van der Waals surface area (Å²) in [5.41, 5.74) is 3.99. The summed E-state index contributed by atoms with van der Waals surface area (Å²) in [6.45, 7) is 3.74. The summed E-state index contributed by atoms with van der Waals surface area (Å²) in [7, 11) is 1.62. The van der Waals surface area contributed by atoms with Crippen LogP contribution in [0, 0.1) is 0 Å². The largest absolute Gasteiger partial charge is 0.494 e. The van der Waals surface area contributed by atoms with E-state index < -0.39 is 0 Å². The van der Waals surface area contributed by atoms with E-state index in [0.29, 0.717) is 6.54 Å². The van der Waals surface area contributed by atoms with E-state index in [-0.39, 0.29) is 0 Å². The number of hydrogen-bond acceptors (Lipinski definition) is 3. The van der Waals surface area contributed by atoms with Crippen molar-refractivity contribution >= 4 is 0 Å². The van der Waals surface area contributed by atoms with Gasteiger partial charge < -0.3 is 9.57 Å². The van der Waals surface area contributed by atoms with E-state index in [1.807, 2.05) is 12.1 Å². The van der Waals surface area contributed by atoms with Crippen LogP contribution in [0.2, 0.25) is 0 Å². The number of ether oxygens (including phenoxy) is 1. The molecule has 0 amide bonds. The van der Waals surface area contributed by atoms with Gasteiger partial charge in [0.1, 0.15) is 5.75 Å². The Morgan fingerprint density at radius 2 is 1.94 bits per heavy atom. The molecular formula is C15H25NO2. The van der Waals surface area contributed by atoms with Gasteiger partial charge in [0.05, 0.1) is 13.7 Å². The molecule has 1 rings (SSSR count). The second-order valence-electron chi connectivity index (χ2n) is 4.44. The van der Waals surface area contributed by atoms with E-state index in [0.717, 1.165) is 18.8 Å². The van der Waals surface area contributed by atoms with Crippen molar-refractivity contribution in [3.63, 3.8) is 0 Å². The van der Waals surface area contributed by atoms with Gasteiger partial charge in [-0.1, -0.05) is 44.7 Å². The monoisotopic (exact) mass is 251 g/mol. The molecule has 0 heterocycles. The van der Waals surface area contributed by atoms with Crippen LogP contribution in [0.25, 0.3) is 0 Å². The summed E-state index contributed by atoms with van der Waals surface area (Å²) in [5.74, 6) is 0.945. The number of unbranched alkanes of at least 4 members (excludes halogenated alkanes) is 4. The molecule has 0 radical (unpaired) electrons. The van der Waals surface area contributed by atoms with Gasteiger partial charge in [-0.05, 0) is 24.1 Å². The Labute approximate surface area is 110 Å². The fourth-order valence-corrected chi connectivity index (χ4v) is 1.80. The maximum atomic E-state index is 5.74. The van der Waals surface area contributed by atoms with Crippen LogP contribution in [0.4, 0.5) is 0 Å². The third kappa shape index (κ3) is 6.62. The molecule has 0 aromatic heterocycles. The number of hydroxylamine groups is 1. The van der Waals surface area contributed by atoms with Crippen LogP contribution in [0.5, 0.6) is 5.75 Å². The summed E-state index contributed by atoms with van der Waals surface area (Å²) in [4.78, 5) is 4.83. The highest BCUT2D eigenvalue weighted by Gasteiger charge is 1.97. The van der Waals surface area contributed by atoms with Crippen molar-refractivity contribution in [2.75, 3.05) is 13.7 Å². The lowest BCUT2D eigenvalue weighted by Gasteiger charge is -2.08. The van der Waals surface area contributed by atoms with E-state index in [1.165, 1.54) is 31.2 Å². The van der Waals surface area contributed by atoms with Crippen molar-refractivity contribution in [2.45, 2.75) is 45.6 Å². The van der Waals surface area contributed by atoms with Crippen molar-refractivity contribution in [2.24, 2.45) is 0 Å². The minimum atomic E-state index is 0.699. The molecule has 0 bridgehead atoms. The smallest absolute Gasteiger partial charge is 0.119 e. The maximum absolute atomic E-state index is 5.74. The summed E-state index contributed by atoms with van der Waals surface area (Å²) < 4.78 is 5.74. The molecule has 1 aromatic carbocycles. The lowest BCUT2D eigenvalue weighted by atomic mass is 10.2. The molecule has 0 saturated heterocycles. The standard InChI is InChI=1S/C15H25NO2/c1-3-4-5-6-7-11-18-15-10-8-9-14(12-15)13-16-17-2/h8-10,12,16H,3-7,11,13H2,1-2H3. The van der Waals surface area contributed by atoms with E-state index in [2.05, 4.69) is 24.5 Å². The first-order valence-electron chi connectivity index (χ1n) is 6.84. The Kier molecular flexibility index (Phi) is 8.26. The fraction of sp³-hybridized carbons (Fsp3) is 0.600. The molecule has 0 aliphatic rings. The predicted molar refractivity (Wildman–Crippen MR) is 74.5 cm³/mol. The highest BCUT2D eigenvalue weighted by atomic mass is 16.6. The van der Waals surface area contributed by atoms with Crippen LogP contribution in [0.1, 0.15) is 44.6 Å². The lowest BCUT2D eigenvalue weighted by Crippen LogP contribution is -2.10. The molecule has 18 heavy (non-hydrogen) atoms. The molecule has 0 aliphatic carbocycles. The zero-order valence-electron chi connectivity index (χ0n) is 11.6. The summed E-state index contributed by atoms with van der Waals surface area (Å²) in [5, 5.41) is 0. The van der Waals surface area contributed by atoms with Gasteiger partial charge in [0.25, 0.3) is 0 Å². The lowest BCUT2D eigenvalue weighted by molar-refractivity contribution is 0.0866. The Morgan fingerprint density at radius 3 is 2.72 bits per heavy atom. The molecule has 0 atom stereocenters. The first-order valence-corrected chi connectivity index (χ1v) is 6.84. The van der Waals surface area contributed by atoms with Crippen molar-refractivity contribution < 1.29 is 9.57 Å². The quantitative estimate of drug-likeness (QED) is 0.508. The van der Waals surface area contributed by atoms with Crippen LogP contribution in [0.15, 0.2) is 24.3 Å². The highest BCUT2D eigenvalue weighted by Crippen LogP contribution is 2.14. The Morgan fingerprint density at radius 1 is 1.11 bits per heavy atom. The zero-order chi connectivity index (χ0) is 13.1. The van der Waals surface area contributed by atoms with Crippen molar-refractivity contribution in [1.29, 1.82) is 0 Å². The average Bonchev–Trinajstić information content (AvgIpc) is 2.41. The normalized spacial score (nSPS) is 10.6. The molecule has 3 heteroatoms. The van der Waals surface area contributed by atoms with E-state index in [1.54, 1.807) is 7.11 Å². The van der Waals surface area contributed by atoms with Gasteiger partial charge in [-0.3, -0.25) is 0 Å². The first-order chi connectivity index (χ1) is 8.86. The Hall–Kier alpha value is -1.06. The molecular weight excluding hydrogens is 226 g/mol. The molecule has 0 unspecified atom stereocenters. The predicted octanol–water partition coefficient (Wildman–Crippen LogP) is 3.69. The van der Waals surface area contributed by atoms with Crippen LogP contribution < -0.4 is 10.2 Å². The zero-order valence-corrected chi connectivity index (χ0v) is 11.6. The van der Waals surface area contributed by atoms with E-state index in [4.69, 9.17) is 9.57 Å². The number of nitrogens with one attached hydrogen (secondary N) is 1. The summed E-state index contributed by atoms with van der Waals surface area (Å²) >= 11 is 0. The van der Waals surface area contributed by atoms with Crippen LogP contribution >= 0.6 is 0 Å². The Balaban J connectivity index is 2.20. The Bertz CT molecular complexity index is 315. The maximum Gasteiger partial charge on any atom is 0.119 e. The highest BCUT2D eigenvalue weighted by molar-refractivity contribution is 5.28. The van der Waals surface area contributed by atoms with Crippen LogP contribution in [-0.4, -0.2) is 13.7 Å². The molecule has 3 nitrogen and oxygen atoms in total. The van der Waals surface area contributed by atoms with E-state index >= 15 is 0 Å². The number of benzene rings is 1. The first kappa shape index (κ1) is 15.0. The van der Waals surface area contributed by atoms with Gasteiger partial charge in [-0.25, -0.2) is 0 Å². The average molecular weight is 251 g/mol. The number of rotatable bonds is 10. The van der Waals surface area contributed by atoms with Gasteiger partial charge in [-0.15, -0.1) is 0 Å². The van der Waals surface area contributed by atoms with Crippen LogP contribution in [0.3, 0.4) is 0 Å². The SMILES string of the molecule is CCCCCCCOc1cccc(CNOC)c1. The molecule has 1 N–H and O–H groups in total. The van der Waals surface area contributed by atoms with Gasteiger partial charge in [0, 0.05) is 6.54 Å². The van der Waals surface area contributed by atoms with Gasteiger partial charge in [-0.2, -0.15) is 5.48 Å². The topological polar surface area (TPSA) is 30.5 Å². The van der Waals surface area contributed by atoms with Gasteiger partial charge in [0.15, 0.2) is 0 Å². The van der Waals surface area contributed by atoms with Crippen molar-refractivity contribution in [3.8, 4) is 5.75 Å². The molecule has 1 aromatic rings. The second-order valence-corrected chi connectivity index (χ2v) is 4.44. The van der Waals surface area contributed by atoms with Gasteiger partial charge in [0.2, 0.25) is 0 Å².